The highest BCUT2D eigenvalue weighted by Gasteiger charge is 2.24. The highest BCUT2D eigenvalue weighted by atomic mass is 35.5. The zero-order valence-electron chi connectivity index (χ0n) is 17.3. The number of carbonyl (C=O) groups excluding carboxylic acids is 2. The van der Waals surface area contributed by atoms with Crippen molar-refractivity contribution in [2.24, 2.45) is 0 Å². The number of likely N-dealkylation sites (N-methyl/N-ethyl adjacent to an activating group) is 1. The predicted octanol–water partition coefficient (Wildman–Crippen LogP) is 4.29. The largest absolute Gasteiger partial charge is 0.465 e. The lowest BCUT2D eigenvalue weighted by molar-refractivity contribution is 0.0602. The first-order valence-electron chi connectivity index (χ1n) is 9.84. The molecule has 4 rings (SSSR count). The molecule has 0 saturated carbocycles. The van der Waals surface area contributed by atoms with Gasteiger partial charge in [-0.15, -0.1) is 11.3 Å². The summed E-state index contributed by atoms with van der Waals surface area (Å²) in [6.07, 6.45) is 4.97. The number of hydrogen-bond donors (Lipinski definition) is 2. The summed E-state index contributed by atoms with van der Waals surface area (Å²) < 4.78 is 6.87. The number of methoxy groups -OCH3 is 1. The van der Waals surface area contributed by atoms with Crippen molar-refractivity contribution < 1.29 is 14.3 Å². The van der Waals surface area contributed by atoms with E-state index in [9.17, 15) is 9.59 Å². The molecule has 7 nitrogen and oxygen atoms in total. The number of urea groups is 1. The molecule has 0 radical (unpaired) electrons. The third kappa shape index (κ3) is 4.61. The van der Waals surface area contributed by atoms with Gasteiger partial charge in [-0.25, -0.2) is 9.59 Å². The van der Waals surface area contributed by atoms with Crippen LogP contribution < -0.4 is 10.6 Å². The number of nitrogens with zero attached hydrogens (tertiary/aromatic N) is 2. The summed E-state index contributed by atoms with van der Waals surface area (Å²) in [5.41, 5.74) is 2.98. The number of carbonyl (C=O) groups is 2. The molecule has 31 heavy (non-hydrogen) atoms. The number of halogens is 1. The maximum absolute atomic E-state index is 12.7. The molecule has 3 aromatic rings. The molecule has 2 aromatic heterocycles. The number of amides is 2. The molecule has 162 valence electrons. The van der Waals surface area contributed by atoms with Crippen molar-refractivity contribution in [1.29, 1.82) is 0 Å². The second kappa shape index (κ2) is 9.13. The van der Waals surface area contributed by atoms with Crippen LogP contribution in [0.15, 0.2) is 42.7 Å². The normalized spacial score (nSPS) is 13.5. The summed E-state index contributed by atoms with van der Waals surface area (Å²) in [7, 11) is 3.41. The first kappa shape index (κ1) is 21.4. The Kier molecular flexibility index (Phi) is 6.31. The number of thiophene rings is 1. The van der Waals surface area contributed by atoms with Gasteiger partial charge >= 0.3 is 12.0 Å². The fraction of sp³-hybridized carbons (Fsp3) is 0.273. The van der Waals surface area contributed by atoms with Crippen LogP contribution in [0.25, 0.3) is 5.00 Å². The van der Waals surface area contributed by atoms with Crippen LogP contribution in [0.5, 0.6) is 0 Å². The monoisotopic (exact) mass is 458 g/mol. The topological polar surface area (TPSA) is 75.6 Å². The standard InChI is InChI=1S/C22H23ClN4O3S/c1-26-10-7-15-17(20(31-19(15)13-26)27-8-3-4-9-27)12-24-22(29)25-18-11-14(23)5-6-16(18)21(28)30-2/h3-6,8-9,11H,7,10,12-13H2,1-2H3,(H2,24,25,29). The molecular weight excluding hydrogens is 436 g/mol. The van der Waals surface area contributed by atoms with Crippen LogP contribution in [-0.2, 0) is 24.2 Å². The lowest BCUT2D eigenvalue weighted by atomic mass is 10.0. The molecule has 1 aliphatic heterocycles. The molecule has 3 heterocycles. The van der Waals surface area contributed by atoms with Gasteiger partial charge in [0.15, 0.2) is 0 Å². The minimum Gasteiger partial charge on any atom is -0.465 e. The van der Waals surface area contributed by atoms with Gasteiger partial charge in [0.1, 0.15) is 5.00 Å². The molecule has 0 spiro atoms. The van der Waals surface area contributed by atoms with Gasteiger partial charge in [0.2, 0.25) is 0 Å². The molecule has 1 aliphatic rings. The second-order valence-corrected chi connectivity index (χ2v) is 8.87. The number of esters is 1. The fourth-order valence-corrected chi connectivity index (χ4v) is 5.27. The van der Waals surface area contributed by atoms with Gasteiger partial charge in [0.05, 0.1) is 18.4 Å². The maximum Gasteiger partial charge on any atom is 0.339 e. The van der Waals surface area contributed by atoms with E-state index in [2.05, 4.69) is 27.1 Å². The number of anilines is 1. The third-order valence-electron chi connectivity index (χ3n) is 5.24. The number of fused-ring (bicyclic) bond motifs is 1. The molecular formula is C22H23ClN4O3S. The number of nitrogens with one attached hydrogen (secondary N) is 2. The Morgan fingerprint density at radius 2 is 2.03 bits per heavy atom. The summed E-state index contributed by atoms with van der Waals surface area (Å²) in [4.78, 5) is 28.3. The number of benzene rings is 1. The van der Waals surface area contributed by atoms with E-state index in [1.807, 2.05) is 24.5 Å². The van der Waals surface area contributed by atoms with Crippen LogP contribution in [-0.4, -0.2) is 42.2 Å². The van der Waals surface area contributed by atoms with Gasteiger partial charge in [-0.3, -0.25) is 0 Å². The molecule has 2 N–H and O–H groups in total. The van der Waals surface area contributed by atoms with Gasteiger partial charge in [-0.05, 0) is 49.4 Å². The van der Waals surface area contributed by atoms with E-state index in [-0.39, 0.29) is 5.56 Å². The average Bonchev–Trinajstić information content (AvgIpc) is 3.39. The zero-order chi connectivity index (χ0) is 22.0. The molecule has 0 atom stereocenters. The Balaban J connectivity index is 1.54. The van der Waals surface area contributed by atoms with E-state index in [1.54, 1.807) is 17.4 Å². The van der Waals surface area contributed by atoms with E-state index in [4.69, 9.17) is 16.3 Å². The van der Waals surface area contributed by atoms with E-state index in [1.165, 1.54) is 29.7 Å². The van der Waals surface area contributed by atoms with Gasteiger partial charge in [0.25, 0.3) is 0 Å². The van der Waals surface area contributed by atoms with Crippen LogP contribution in [0.2, 0.25) is 5.02 Å². The third-order valence-corrected chi connectivity index (χ3v) is 6.74. The number of hydrogen-bond acceptors (Lipinski definition) is 5. The van der Waals surface area contributed by atoms with Gasteiger partial charge in [-0.2, -0.15) is 0 Å². The van der Waals surface area contributed by atoms with E-state index < -0.39 is 12.0 Å². The van der Waals surface area contributed by atoms with Crippen molar-refractivity contribution in [3.05, 3.63) is 69.3 Å². The average molecular weight is 459 g/mol. The predicted molar refractivity (Wildman–Crippen MR) is 122 cm³/mol. The molecule has 0 unspecified atom stereocenters. The Hall–Kier alpha value is -2.81. The smallest absolute Gasteiger partial charge is 0.339 e. The number of rotatable bonds is 5. The van der Waals surface area contributed by atoms with Crippen molar-refractivity contribution >= 4 is 40.6 Å². The zero-order valence-corrected chi connectivity index (χ0v) is 18.8. The van der Waals surface area contributed by atoms with Gasteiger partial charge < -0.3 is 24.8 Å². The van der Waals surface area contributed by atoms with Crippen molar-refractivity contribution in [2.45, 2.75) is 19.5 Å². The number of ether oxygens (including phenoxy) is 1. The summed E-state index contributed by atoms with van der Waals surface area (Å²) >= 11 is 7.81. The molecule has 1 aromatic carbocycles. The van der Waals surface area contributed by atoms with Crippen LogP contribution in [0.3, 0.4) is 0 Å². The Morgan fingerprint density at radius 1 is 1.26 bits per heavy atom. The van der Waals surface area contributed by atoms with Crippen LogP contribution in [0.1, 0.15) is 26.4 Å². The van der Waals surface area contributed by atoms with Crippen LogP contribution in [0, 0.1) is 0 Å². The van der Waals surface area contributed by atoms with Crippen molar-refractivity contribution in [1.82, 2.24) is 14.8 Å². The highest BCUT2D eigenvalue weighted by molar-refractivity contribution is 7.14. The highest BCUT2D eigenvalue weighted by Crippen LogP contribution is 2.35. The van der Waals surface area contributed by atoms with Crippen LogP contribution >= 0.6 is 22.9 Å². The van der Waals surface area contributed by atoms with Crippen LogP contribution in [0.4, 0.5) is 10.5 Å². The van der Waals surface area contributed by atoms with Gasteiger partial charge in [0, 0.05) is 47.5 Å². The second-order valence-electron chi connectivity index (χ2n) is 7.35. The SMILES string of the molecule is COC(=O)c1ccc(Cl)cc1NC(=O)NCc1c(-n2cccc2)sc2c1CCN(C)C2. The fourth-order valence-electron chi connectivity index (χ4n) is 3.69. The number of aromatic nitrogens is 1. The molecule has 9 heteroatoms. The Labute approximate surface area is 189 Å². The van der Waals surface area contributed by atoms with E-state index in [0.717, 1.165) is 30.1 Å². The minimum atomic E-state index is -0.544. The molecule has 0 saturated heterocycles. The molecule has 0 bridgehead atoms. The summed E-state index contributed by atoms with van der Waals surface area (Å²) in [6, 6.07) is 8.19. The molecule has 0 aliphatic carbocycles. The van der Waals surface area contributed by atoms with Crippen molar-refractivity contribution in [3.8, 4) is 5.00 Å². The maximum atomic E-state index is 12.7. The van der Waals surface area contributed by atoms with E-state index in [0.29, 0.717) is 17.3 Å². The molecule has 2 amide bonds. The molecule has 0 fully saturated rings. The first-order chi connectivity index (χ1) is 15.0. The summed E-state index contributed by atoms with van der Waals surface area (Å²) in [6.45, 7) is 2.27. The Bertz CT molecular complexity index is 1110. The van der Waals surface area contributed by atoms with E-state index >= 15 is 0 Å². The quantitative estimate of drug-likeness (QED) is 0.559. The van der Waals surface area contributed by atoms with Crippen molar-refractivity contribution in [2.75, 3.05) is 26.0 Å². The summed E-state index contributed by atoms with van der Waals surface area (Å²) in [5.74, 6) is -0.544. The van der Waals surface area contributed by atoms with Crippen molar-refractivity contribution in [3.63, 3.8) is 0 Å². The lowest BCUT2D eigenvalue weighted by Gasteiger charge is -2.22. The summed E-state index contributed by atoms with van der Waals surface area (Å²) in [5, 5.41) is 7.18. The minimum absolute atomic E-state index is 0.242. The van der Waals surface area contributed by atoms with Gasteiger partial charge in [-0.1, -0.05) is 11.6 Å². The first-order valence-corrected chi connectivity index (χ1v) is 11.0. The lowest BCUT2D eigenvalue weighted by Crippen LogP contribution is -2.30. The Morgan fingerprint density at radius 3 is 2.77 bits per heavy atom.